The first-order chi connectivity index (χ1) is 16.8. The predicted molar refractivity (Wildman–Crippen MR) is 133 cm³/mol. The van der Waals surface area contributed by atoms with Crippen LogP contribution in [-0.4, -0.2) is 27.7 Å². The van der Waals surface area contributed by atoms with Crippen molar-refractivity contribution in [1.29, 1.82) is 0 Å². The van der Waals surface area contributed by atoms with Gasteiger partial charge in [-0.3, -0.25) is 24.3 Å². The number of nitrogens with one attached hydrogen (secondary N) is 1. The third-order valence-electron chi connectivity index (χ3n) is 5.62. The molecule has 0 spiro atoms. The number of aromatic nitrogens is 1. The van der Waals surface area contributed by atoms with Crippen molar-refractivity contribution in [2.45, 2.75) is 13.0 Å². The Morgan fingerprint density at radius 1 is 1.09 bits per heavy atom. The van der Waals surface area contributed by atoms with Gasteiger partial charge < -0.3 is 14.8 Å². The molecule has 1 aliphatic heterocycles. The first kappa shape index (κ1) is 22.5. The Kier molecular flexibility index (Phi) is 5.70. The molecule has 1 atom stereocenters. The van der Waals surface area contributed by atoms with Crippen molar-refractivity contribution in [2.24, 2.45) is 0 Å². The molecular formula is C26H18BrN3O5. The zero-order valence-electron chi connectivity index (χ0n) is 18.4. The van der Waals surface area contributed by atoms with Crippen molar-refractivity contribution < 1.29 is 23.9 Å². The number of furan rings is 1. The van der Waals surface area contributed by atoms with Crippen LogP contribution in [-0.2, 0) is 9.59 Å². The van der Waals surface area contributed by atoms with Gasteiger partial charge in [-0.1, -0.05) is 22.0 Å². The zero-order chi connectivity index (χ0) is 24.7. The number of aliphatic hydroxyl groups excluding tert-OH is 1. The van der Waals surface area contributed by atoms with Crippen molar-refractivity contribution in [2.75, 3.05) is 10.2 Å². The van der Waals surface area contributed by atoms with Gasteiger partial charge in [0.25, 0.3) is 5.91 Å². The number of anilines is 2. The van der Waals surface area contributed by atoms with Gasteiger partial charge in [-0.15, -0.1) is 0 Å². The van der Waals surface area contributed by atoms with Gasteiger partial charge in [0.2, 0.25) is 11.7 Å². The van der Waals surface area contributed by atoms with Crippen LogP contribution in [0.1, 0.15) is 29.1 Å². The van der Waals surface area contributed by atoms with E-state index in [2.05, 4.69) is 26.2 Å². The molecule has 1 unspecified atom stereocenters. The molecule has 0 saturated carbocycles. The van der Waals surface area contributed by atoms with E-state index in [1.807, 2.05) is 6.07 Å². The van der Waals surface area contributed by atoms with E-state index in [4.69, 9.17) is 4.42 Å². The molecule has 0 aliphatic carbocycles. The normalized spacial score (nSPS) is 15.7. The number of hydrogen-bond acceptors (Lipinski definition) is 6. The minimum Gasteiger partial charge on any atom is -0.503 e. The van der Waals surface area contributed by atoms with Crippen LogP contribution < -0.4 is 10.2 Å². The molecule has 3 heterocycles. The molecule has 2 N–H and O–H groups in total. The number of rotatable bonds is 5. The molecule has 8 nitrogen and oxygen atoms in total. The fraction of sp³-hybridized carbons (Fsp3) is 0.0769. The fourth-order valence-corrected chi connectivity index (χ4v) is 4.54. The van der Waals surface area contributed by atoms with Gasteiger partial charge in [0.05, 0.1) is 11.6 Å². The molecule has 35 heavy (non-hydrogen) atoms. The highest BCUT2D eigenvalue weighted by Crippen LogP contribution is 2.42. The average molecular weight is 532 g/mol. The van der Waals surface area contributed by atoms with Gasteiger partial charge in [-0.25, -0.2) is 0 Å². The monoisotopic (exact) mass is 531 g/mol. The number of halogens is 1. The average Bonchev–Trinajstić information content (AvgIpc) is 3.37. The van der Waals surface area contributed by atoms with Gasteiger partial charge in [-0.05, 0) is 60.2 Å². The van der Waals surface area contributed by atoms with Crippen LogP contribution in [0.5, 0.6) is 0 Å². The second-order valence-electron chi connectivity index (χ2n) is 7.97. The predicted octanol–water partition coefficient (Wildman–Crippen LogP) is 5.33. The van der Waals surface area contributed by atoms with Gasteiger partial charge in [-0.2, -0.15) is 0 Å². The Balaban J connectivity index is 1.63. The first-order valence-electron chi connectivity index (χ1n) is 10.6. The Morgan fingerprint density at radius 3 is 2.60 bits per heavy atom. The second-order valence-corrected chi connectivity index (χ2v) is 8.89. The molecule has 5 rings (SSSR count). The lowest BCUT2D eigenvalue weighted by Gasteiger charge is -2.27. The Labute approximate surface area is 208 Å². The SMILES string of the molecule is CC(=O)Nc1cccc(N2C(=O)C(O)=C(C(=O)c3cc4cc(Br)ccc4o3)C2c2ccncc2)c1. The highest BCUT2D eigenvalue weighted by molar-refractivity contribution is 9.10. The minimum atomic E-state index is -0.939. The first-order valence-corrected chi connectivity index (χ1v) is 11.4. The number of nitrogens with zero attached hydrogens (tertiary/aromatic N) is 2. The molecule has 174 valence electrons. The number of amides is 2. The molecule has 4 aromatic rings. The maximum Gasteiger partial charge on any atom is 0.294 e. The molecule has 2 amide bonds. The van der Waals surface area contributed by atoms with E-state index in [0.29, 0.717) is 27.9 Å². The number of hydrogen-bond donors (Lipinski definition) is 2. The molecule has 9 heteroatoms. The third kappa shape index (κ3) is 4.10. The van der Waals surface area contributed by atoms with Crippen LogP contribution in [0, 0.1) is 0 Å². The number of Topliss-reactive ketones (excluding diaryl/α,β-unsaturated/α-hetero) is 1. The van der Waals surface area contributed by atoms with Gasteiger partial charge in [0, 0.05) is 40.6 Å². The summed E-state index contributed by atoms with van der Waals surface area (Å²) in [6, 6.07) is 15.9. The highest BCUT2D eigenvalue weighted by Gasteiger charge is 2.45. The van der Waals surface area contributed by atoms with Crippen LogP contribution in [0.25, 0.3) is 11.0 Å². The lowest BCUT2D eigenvalue weighted by molar-refractivity contribution is -0.117. The number of carbonyl (C=O) groups excluding carboxylic acids is 3. The quantitative estimate of drug-likeness (QED) is 0.336. The molecule has 0 radical (unpaired) electrons. The molecular weight excluding hydrogens is 514 g/mol. The minimum absolute atomic E-state index is 0.000327. The lowest BCUT2D eigenvalue weighted by atomic mass is 9.95. The van der Waals surface area contributed by atoms with E-state index in [9.17, 15) is 19.5 Å². The maximum atomic E-state index is 13.7. The molecule has 0 saturated heterocycles. The second kappa shape index (κ2) is 8.84. The highest BCUT2D eigenvalue weighted by atomic mass is 79.9. The van der Waals surface area contributed by atoms with Gasteiger partial charge in [0.15, 0.2) is 11.5 Å². The van der Waals surface area contributed by atoms with Crippen LogP contribution in [0.3, 0.4) is 0 Å². The summed E-state index contributed by atoms with van der Waals surface area (Å²) in [7, 11) is 0. The smallest absolute Gasteiger partial charge is 0.294 e. The summed E-state index contributed by atoms with van der Waals surface area (Å²) in [4.78, 5) is 43.9. The Bertz CT molecular complexity index is 1530. The number of carbonyl (C=O) groups is 3. The van der Waals surface area contributed by atoms with Gasteiger partial charge >= 0.3 is 0 Å². The van der Waals surface area contributed by atoms with Crippen LogP contribution in [0.15, 0.2) is 93.3 Å². The maximum absolute atomic E-state index is 13.7. The summed E-state index contributed by atoms with van der Waals surface area (Å²) in [6.45, 7) is 1.38. The molecule has 0 fully saturated rings. The van der Waals surface area contributed by atoms with E-state index >= 15 is 0 Å². The number of ketones is 1. The number of benzene rings is 2. The third-order valence-corrected chi connectivity index (χ3v) is 6.11. The Hall–Kier alpha value is -4.24. The zero-order valence-corrected chi connectivity index (χ0v) is 19.9. The summed E-state index contributed by atoms with van der Waals surface area (Å²) >= 11 is 3.40. The summed E-state index contributed by atoms with van der Waals surface area (Å²) < 4.78 is 6.59. The van der Waals surface area contributed by atoms with Crippen LogP contribution in [0.4, 0.5) is 11.4 Å². The van der Waals surface area contributed by atoms with Crippen molar-refractivity contribution in [3.63, 3.8) is 0 Å². The Morgan fingerprint density at radius 2 is 1.86 bits per heavy atom. The van der Waals surface area contributed by atoms with E-state index in [1.54, 1.807) is 67.0 Å². The van der Waals surface area contributed by atoms with E-state index in [-0.39, 0.29) is 17.2 Å². The van der Waals surface area contributed by atoms with Crippen LogP contribution in [0.2, 0.25) is 0 Å². The topological polar surface area (TPSA) is 113 Å². The van der Waals surface area contributed by atoms with E-state index in [0.717, 1.165) is 4.47 Å². The largest absolute Gasteiger partial charge is 0.503 e. The van der Waals surface area contributed by atoms with Crippen molar-refractivity contribution in [1.82, 2.24) is 4.98 Å². The summed E-state index contributed by atoms with van der Waals surface area (Å²) in [5, 5.41) is 14.3. The summed E-state index contributed by atoms with van der Waals surface area (Å²) in [5.41, 5.74) is 1.83. The number of pyridine rings is 1. The van der Waals surface area contributed by atoms with Crippen molar-refractivity contribution >= 4 is 55.9 Å². The fourth-order valence-electron chi connectivity index (χ4n) is 4.16. The van der Waals surface area contributed by atoms with Gasteiger partial charge in [0.1, 0.15) is 5.58 Å². The lowest BCUT2D eigenvalue weighted by Crippen LogP contribution is -2.31. The number of aliphatic hydroxyl groups is 1. The standard InChI is InChI=1S/C26H18BrN3O5/c1-14(31)29-18-3-2-4-19(13-18)30-23(15-7-9-28-10-8-15)22(25(33)26(30)34)24(32)21-12-16-11-17(27)5-6-20(16)35-21/h2-13,23,33H,1H3,(H,29,31). The molecule has 0 bridgehead atoms. The van der Waals surface area contributed by atoms with Crippen molar-refractivity contribution in [3.8, 4) is 0 Å². The van der Waals surface area contributed by atoms with E-state index < -0.39 is 23.5 Å². The summed E-state index contributed by atoms with van der Waals surface area (Å²) in [6.07, 6.45) is 3.09. The molecule has 2 aromatic carbocycles. The molecule has 1 aliphatic rings. The van der Waals surface area contributed by atoms with Crippen molar-refractivity contribution in [3.05, 3.63) is 100 Å². The van der Waals surface area contributed by atoms with Crippen LogP contribution >= 0.6 is 15.9 Å². The number of fused-ring (bicyclic) bond motifs is 1. The van der Waals surface area contributed by atoms with E-state index in [1.165, 1.54) is 11.8 Å². The molecule has 2 aromatic heterocycles. The summed E-state index contributed by atoms with van der Waals surface area (Å²) in [5.74, 6) is -2.28.